The molecule has 0 saturated heterocycles. The van der Waals surface area contributed by atoms with Crippen molar-refractivity contribution in [1.29, 1.82) is 0 Å². The maximum absolute atomic E-state index is 11.1. The van der Waals surface area contributed by atoms with Gasteiger partial charge in [0.1, 0.15) is 30.1 Å². The van der Waals surface area contributed by atoms with E-state index in [-0.39, 0.29) is 19.3 Å². The summed E-state index contributed by atoms with van der Waals surface area (Å²) in [6.45, 7) is 0.865. The van der Waals surface area contributed by atoms with Crippen molar-refractivity contribution in [2.75, 3.05) is 18.5 Å². The summed E-state index contributed by atoms with van der Waals surface area (Å²) in [7, 11) is 0. The van der Waals surface area contributed by atoms with E-state index in [1.54, 1.807) is 6.07 Å². The minimum Gasteiger partial charge on any atom is -0.463 e. The summed E-state index contributed by atoms with van der Waals surface area (Å²) >= 11 is 6.07. The molecule has 2 aliphatic heterocycles. The molecule has 2 aliphatic rings. The summed E-state index contributed by atoms with van der Waals surface area (Å²) in [6, 6.07) is 19.0. The van der Waals surface area contributed by atoms with E-state index >= 15 is 0 Å². The highest BCUT2D eigenvalue weighted by Crippen LogP contribution is 2.51. The minimum atomic E-state index is -0.960. The Morgan fingerprint density at radius 3 is 2.65 bits per heavy atom. The third kappa shape index (κ3) is 3.93. The number of benzene rings is 2. The zero-order chi connectivity index (χ0) is 23.5. The molecule has 8 heteroatoms. The van der Waals surface area contributed by atoms with Crippen molar-refractivity contribution in [3.05, 3.63) is 94.7 Å². The number of para-hydroxylation sites is 1. The molecule has 0 fully saturated rings. The largest absolute Gasteiger partial charge is 0.463 e. The number of ether oxygens (including phenoxy) is 3. The number of carbonyl (C=O) groups excluding carboxylic acids is 2. The van der Waals surface area contributed by atoms with E-state index in [0.29, 0.717) is 18.1 Å². The van der Waals surface area contributed by atoms with Crippen LogP contribution in [0.1, 0.15) is 11.6 Å². The molecule has 3 heterocycles. The molecule has 7 nitrogen and oxygen atoms in total. The number of hydrogen-bond donors (Lipinski definition) is 1. The lowest BCUT2D eigenvalue weighted by atomic mass is 9.78. The van der Waals surface area contributed by atoms with Gasteiger partial charge in [-0.15, -0.1) is 0 Å². The molecule has 2 aromatic carbocycles. The summed E-state index contributed by atoms with van der Waals surface area (Å²) in [6.07, 6.45) is 3.54. The van der Waals surface area contributed by atoms with Gasteiger partial charge in [-0.2, -0.15) is 0 Å². The molecule has 2 bridgehead atoms. The summed E-state index contributed by atoms with van der Waals surface area (Å²) in [5.74, 6) is 0. The number of rotatable bonds is 10. The molecule has 0 amide bonds. The maximum atomic E-state index is 11.1. The second-order valence-electron chi connectivity index (χ2n) is 8.04. The number of anilines is 1. The van der Waals surface area contributed by atoms with Crippen LogP contribution in [0.4, 0.5) is 5.69 Å². The zero-order valence-corrected chi connectivity index (χ0v) is 18.8. The first-order valence-corrected chi connectivity index (χ1v) is 11.1. The van der Waals surface area contributed by atoms with Gasteiger partial charge in [0, 0.05) is 22.2 Å². The van der Waals surface area contributed by atoms with Crippen LogP contribution in [0.15, 0.2) is 84.0 Å². The SMILES string of the molecule is O=COCC1=C(COC=O)C2(C(Nc3ccccc3)c3ccc4nc(Cl)ccc4c3)C=CC1O2. The first-order valence-electron chi connectivity index (χ1n) is 10.7. The summed E-state index contributed by atoms with van der Waals surface area (Å²) in [5.41, 5.74) is 3.16. The van der Waals surface area contributed by atoms with Crippen molar-refractivity contribution in [3.63, 3.8) is 0 Å². The van der Waals surface area contributed by atoms with E-state index in [2.05, 4.69) is 10.3 Å². The van der Waals surface area contributed by atoms with Crippen molar-refractivity contribution in [2.24, 2.45) is 0 Å². The summed E-state index contributed by atoms with van der Waals surface area (Å²) < 4.78 is 16.8. The monoisotopic (exact) mass is 476 g/mol. The lowest BCUT2D eigenvalue weighted by Crippen LogP contribution is -2.41. The Morgan fingerprint density at radius 2 is 1.85 bits per heavy atom. The lowest BCUT2D eigenvalue weighted by molar-refractivity contribution is -0.129. The van der Waals surface area contributed by atoms with Gasteiger partial charge in [0.05, 0.1) is 11.6 Å². The Morgan fingerprint density at radius 1 is 1.06 bits per heavy atom. The molecule has 0 saturated carbocycles. The molecule has 1 N–H and O–H groups in total. The van der Waals surface area contributed by atoms with Crippen molar-refractivity contribution in [2.45, 2.75) is 17.7 Å². The predicted molar refractivity (Wildman–Crippen MR) is 127 cm³/mol. The van der Waals surface area contributed by atoms with Crippen LogP contribution in [0.5, 0.6) is 0 Å². The molecule has 0 aliphatic carbocycles. The Hall–Kier alpha value is -3.68. The lowest BCUT2D eigenvalue weighted by Gasteiger charge is -2.37. The fourth-order valence-corrected chi connectivity index (χ4v) is 4.85. The molecular formula is C26H21ClN2O5. The number of carbonyl (C=O) groups is 2. The number of aromatic nitrogens is 1. The number of pyridine rings is 1. The number of halogens is 1. The molecule has 0 radical (unpaired) electrons. The molecule has 5 rings (SSSR count). The smallest absolute Gasteiger partial charge is 0.293 e. The van der Waals surface area contributed by atoms with Crippen molar-refractivity contribution >= 4 is 41.1 Å². The fraction of sp³-hybridized carbons (Fsp3) is 0.192. The Bertz CT molecular complexity index is 1290. The van der Waals surface area contributed by atoms with Gasteiger partial charge in [-0.25, -0.2) is 4.98 Å². The van der Waals surface area contributed by atoms with Crippen LogP contribution in [0.25, 0.3) is 10.9 Å². The number of fused-ring (bicyclic) bond motifs is 3. The normalized spacial score (nSPS) is 21.5. The average Bonchev–Trinajstić information content (AvgIpc) is 3.42. The van der Waals surface area contributed by atoms with Gasteiger partial charge in [-0.3, -0.25) is 9.59 Å². The predicted octanol–water partition coefficient (Wildman–Crippen LogP) is 4.39. The molecule has 3 aromatic rings. The van der Waals surface area contributed by atoms with E-state index < -0.39 is 11.6 Å². The van der Waals surface area contributed by atoms with Crippen LogP contribution in [-0.4, -0.2) is 42.8 Å². The van der Waals surface area contributed by atoms with Crippen LogP contribution in [0.3, 0.4) is 0 Å². The Labute approximate surface area is 201 Å². The highest BCUT2D eigenvalue weighted by atomic mass is 35.5. The summed E-state index contributed by atoms with van der Waals surface area (Å²) in [4.78, 5) is 26.4. The second kappa shape index (κ2) is 9.29. The van der Waals surface area contributed by atoms with Crippen molar-refractivity contribution < 1.29 is 23.8 Å². The first kappa shape index (κ1) is 22.1. The van der Waals surface area contributed by atoms with Crippen molar-refractivity contribution in [3.8, 4) is 0 Å². The van der Waals surface area contributed by atoms with Crippen LogP contribution in [-0.2, 0) is 23.8 Å². The Kier molecular flexibility index (Phi) is 6.04. The maximum Gasteiger partial charge on any atom is 0.293 e. The van der Waals surface area contributed by atoms with E-state index in [9.17, 15) is 9.59 Å². The highest BCUT2D eigenvalue weighted by Gasteiger charge is 2.54. The van der Waals surface area contributed by atoms with E-state index in [4.69, 9.17) is 25.8 Å². The fourth-order valence-electron chi connectivity index (χ4n) is 4.69. The Balaban J connectivity index is 1.64. The van der Waals surface area contributed by atoms with Gasteiger partial charge in [-0.05, 0) is 48.0 Å². The quantitative estimate of drug-likeness (QED) is 0.264. The minimum absolute atomic E-state index is 0.0135. The molecule has 3 atom stereocenters. The van der Waals surface area contributed by atoms with Gasteiger partial charge in [0.15, 0.2) is 0 Å². The number of nitrogens with zero attached hydrogens (tertiary/aromatic N) is 1. The number of nitrogens with one attached hydrogen (secondary N) is 1. The summed E-state index contributed by atoms with van der Waals surface area (Å²) in [5, 5.41) is 4.95. The third-order valence-corrected chi connectivity index (χ3v) is 6.38. The van der Waals surface area contributed by atoms with Crippen LogP contribution >= 0.6 is 11.6 Å². The van der Waals surface area contributed by atoms with Crippen LogP contribution < -0.4 is 5.32 Å². The van der Waals surface area contributed by atoms with Gasteiger partial charge in [-0.1, -0.05) is 41.9 Å². The van der Waals surface area contributed by atoms with E-state index in [1.807, 2.05) is 66.7 Å². The topological polar surface area (TPSA) is 86.8 Å². The molecule has 0 spiro atoms. The standard InChI is InChI=1S/C26H21ClN2O5/c27-24-9-7-17-12-18(6-8-22(17)29-24)25(28-19-4-2-1-3-5-19)26-11-10-23(34-26)20(13-32-15-30)21(26)14-33-16-31/h1-12,15-16,23,25,28H,13-14H2. The van der Waals surface area contributed by atoms with Gasteiger partial charge < -0.3 is 19.5 Å². The third-order valence-electron chi connectivity index (χ3n) is 6.17. The molecule has 1 aromatic heterocycles. The average molecular weight is 477 g/mol. The van der Waals surface area contributed by atoms with Crippen LogP contribution in [0, 0.1) is 0 Å². The molecule has 172 valence electrons. The first-order chi connectivity index (χ1) is 16.6. The van der Waals surface area contributed by atoms with Gasteiger partial charge in [0.2, 0.25) is 0 Å². The van der Waals surface area contributed by atoms with Gasteiger partial charge in [0.25, 0.3) is 12.9 Å². The highest BCUT2D eigenvalue weighted by molar-refractivity contribution is 6.29. The zero-order valence-electron chi connectivity index (χ0n) is 18.0. The van der Waals surface area contributed by atoms with Crippen LogP contribution in [0.2, 0.25) is 5.15 Å². The van der Waals surface area contributed by atoms with E-state index in [1.165, 1.54) is 0 Å². The molecule has 3 unspecified atom stereocenters. The second-order valence-corrected chi connectivity index (χ2v) is 8.43. The molecule has 34 heavy (non-hydrogen) atoms. The van der Waals surface area contributed by atoms with Crippen molar-refractivity contribution in [1.82, 2.24) is 4.98 Å². The van der Waals surface area contributed by atoms with E-state index in [0.717, 1.165) is 33.3 Å². The van der Waals surface area contributed by atoms with Gasteiger partial charge >= 0.3 is 0 Å². The number of hydrogen-bond acceptors (Lipinski definition) is 7. The molecular weight excluding hydrogens is 456 g/mol.